The summed E-state index contributed by atoms with van der Waals surface area (Å²) in [5.74, 6) is 0.426. The fraction of sp³-hybridized carbons (Fsp3) is 0.478. The Hall–Kier alpha value is -2.74. The SMILES string of the molecule is CC(C)NC(=O)OCc1c(COC(=O)NC(C)C)c2sc3ccccc3n2c1C1CC1. The number of alkyl carbamates (subject to hydrolysis) is 2. The average molecular weight is 444 g/mol. The van der Waals surface area contributed by atoms with Crippen LogP contribution in [0.4, 0.5) is 9.59 Å². The van der Waals surface area contributed by atoms with Gasteiger partial charge in [-0.25, -0.2) is 9.59 Å². The van der Waals surface area contributed by atoms with Crippen LogP contribution in [0.15, 0.2) is 24.3 Å². The number of ether oxygens (including phenoxy) is 2. The lowest BCUT2D eigenvalue weighted by atomic mass is 10.1. The lowest BCUT2D eigenvalue weighted by molar-refractivity contribution is 0.129. The van der Waals surface area contributed by atoms with Gasteiger partial charge < -0.3 is 24.5 Å². The van der Waals surface area contributed by atoms with Gasteiger partial charge in [0.2, 0.25) is 0 Å². The molecule has 8 heteroatoms. The van der Waals surface area contributed by atoms with Gasteiger partial charge in [0, 0.05) is 34.8 Å². The number of carbonyl (C=O) groups is 2. The van der Waals surface area contributed by atoms with E-state index in [9.17, 15) is 9.59 Å². The summed E-state index contributed by atoms with van der Waals surface area (Å²) in [7, 11) is 0. The minimum Gasteiger partial charge on any atom is -0.445 e. The number of nitrogens with one attached hydrogen (secondary N) is 2. The Morgan fingerprint density at radius 2 is 1.58 bits per heavy atom. The number of benzene rings is 1. The van der Waals surface area contributed by atoms with Crippen LogP contribution < -0.4 is 10.6 Å². The first-order valence-electron chi connectivity index (χ1n) is 10.7. The zero-order valence-corrected chi connectivity index (χ0v) is 19.2. The van der Waals surface area contributed by atoms with Gasteiger partial charge in [-0.3, -0.25) is 0 Å². The average Bonchev–Trinajstić information content (AvgIpc) is 3.39. The van der Waals surface area contributed by atoms with Crippen LogP contribution in [-0.2, 0) is 22.7 Å². The molecule has 31 heavy (non-hydrogen) atoms. The number of nitrogens with zero attached hydrogens (tertiary/aromatic N) is 1. The van der Waals surface area contributed by atoms with Crippen molar-refractivity contribution in [3.8, 4) is 0 Å². The van der Waals surface area contributed by atoms with Gasteiger partial charge in [0.05, 0.1) is 10.2 Å². The van der Waals surface area contributed by atoms with Gasteiger partial charge in [-0.1, -0.05) is 12.1 Å². The lowest BCUT2D eigenvalue weighted by Gasteiger charge is -2.13. The van der Waals surface area contributed by atoms with Crippen LogP contribution in [0.2, 0.25) is 0 Å². The Balaban J connectivity index is 1.74. The number of para-hydroxylation sites is 1. The van der Waals surface area contributed by atoms with Crippen molar-refractivity contribution in [2.45, 2.75) is 71.8 Å². The third-order valence-corrected chi connectivity index (χ3v) is 6.35. The van der Waals surface area contributed by atoms with E-state index >= 15 is 0 Å². The maximum absolute atomic E-state index is 12.2. The van der Waals surface area contributed by atoms with Gasteiger partial charge in [-0.2, -0.15) is 0 Å². The smallest absolute Gasteiger partial charge is 0.407 e. The first kappa shape index (κ1) is 21.5. The van der Waals surface area contributed by atoms with Gasteiger partial charge in [-0.05, 0) is 52.7 Å². The number of fused-ring (bicyclic) bond motifs is 3. The highest BCUT2D eigenvalue weighted by Gasteiger charge is 2.34. The predicted octanol–water partition coefficient (Wildman–Crippen LogP) is 5.30. The van der Waals surface area contributed by atoms with Crippen LogP contribution in [0.1, 0.15) is 63.3 Å². The first-order chi connectivity index (χ1) is 14.8. The van der Waals surface area contributed by atoms with E-state index in [1.807, 2.05) is 39.8 Å². The molecule has 2 amide bonds. The van der Waals surface area contributed by atoms with Crippen molar-refractivity contribution in [2.75, 3.05) is 0 Å². The molecule has 1 aliphatic rings. The number of rotatable bonds is 7. The maximum Gasteiger partial charge on any atom is 0.407 e. The molecule has 1 aromatic carbocycles. The Morgan fingerprint density at radius 3 is 2.16 bits per heavy atom. The summed E-state index contributed by atoms with van der Waals surface area (Å²) in [6.07, 6.45) is 1.32. The van der Waals surface area contributed by atoms with E-state index in [1.165, 1.54) is 10.4 Å². The third kappa shape index (κ3) is 4.63. The molecule has 0 saturated heterocycles. The zero-order valence-electron chi connectivity index (χ0n) is 18.4. The summed E-state index contributed by atoms with van der Waals surface area (Å²) >= 11 is 1.67. The highest BCUT2D eigenvalue weighted by atomic mass is 32.1. The highest BCUT2D eigenvalue weighted by molar-refractivity contribution is 7.24. The van der Waals surface area contributed by atoms with E-state index in [4.69, 9.17) is 9.47 Å². The summed E-state index contributed by atoms with van der Waals surface area (Å²) < 4.78 is 14.6. The molecule has 2 aromatic heterocycles. The molecular formula is C23H29N3O4S. The van der Waals surface area contributed by atoms with Crippen LogP contribution in [0.3, 0.4) is 0 Å². The molecule has 0 unspecified atom stereocenters. The fourth-order valence-corrected chi connectivity index (χ4v) is 4.98. The number of hydrogen-bond acceptors (Lipinski definition) is 5. The van der Waals surface area contributed by atoms with E-state index < -0.39 is 12.2 Å². The van der Waals surface area contributed by atoms with E-state index in [0.717, 1.165) is 34.3 Å². The number of thiazole rings is 1. The van der Waals surface area contributed by atoms with Crippen molar-refractivity contribution in [1.82, 2.24) is 15.0 Å². The Bertz CT molecular complexity index is 1110. The molecule has 0 atom stereocenters. The number of aromatic nitrogens is 1. The van der Waals surface area contributed by atoms with Gasteiger partial charge in [0.1, 0.15) is 18.0 Å². The molecule has 4 rings (SSSR count). The second kappa shape index (κ2) is 8.78. The lowest BCUT2D eigenvalue weighted by Crippen LogP contribution is -2.31. The molecule has 2 heterocycles. The summed E-state index contributed by atoms with van der Waals surface area (Å²) in [5.41, 5.74) is 4.18. The van der Waals surface area contributed by atoms with Crippen molar-refractivity contribution in [2.24, 2.45) is 0 Å². The summed E-state index contributed by atoms with van der Waals surface area (Å²) in [6.45, 7) is 7.85. The number of carbonyl (C=O) groups excluding carboxylic acids is 2. The minimum absolute atomic E-state index is 0.000545. The molecule has 3 aromatic rings. The maximum atomic E-state index is 12.2. The topological polar surface area (TPSA) is 81.1 Å². The summed E-state index contributed by atoms with van der Waals surface area (Å²) in [5, 5.41) is 5.53. The van der Waals surface area contributed by atoms with Crippen molar-refractivity contribution in [1.29, 1.82) is 0 Å². The largest absolute Gasteiger partial charge is 0.445 e. The molecule has 0 bridgehead atoms. The van der Waals surface area contributed by atoms with Gasteiger partial charge >= 0.3 is 12.2 Å². The Kier molecular flexibility index (Phi) is 6.09. The zero-order chi connectivity index (χ0) is 22.1. The van der Waals surface area contributed by atoms with Gasteiger partial charge in [-0.15, -0.1) is 11.3 Å². The van der Waals surface area contributed by atoms with Crippen molar-refractivity contribution < 1.29 is 19.1 Å². The van der Waals surface area contributed by atoms with E-state index in [1.54, 1.807) is 11.3 Å². The second-order valence-electron chi connectivity index (χ2n) is 8.58. The Labute approximate surface area is 185 Å². The first-order valence-corrected chi connectivity index (χ1v) is 11.6. The minimum atomic E-state index is -0.451. The second-order valence-corrected chi connectivity index (χ2v) is 9.61. The molecule has 1 saturated carbocycles. The molecular weight excluding hydrogens is 414 g/mol. The fourth-order valence-electron chi connectivity index (χ4n) is 3.77. The van der Waals surface area contributed by atoms with E-state index in [0.29, 0.717) is 5.92 Å². The number of amides is 2. The predicted molar refractivity (Wildman–Crippen MR) is 122 cm³/mol. The molecule has 0 radical (unpaired) electrons. The Morgan fingerprint density at radius 1 is 1.00 bits per heavy atom. The molecule has 7 nitrogen and oxygen atoms in total. The van der Waals surface area contributed by atoms with Crippen molar-refractivity contribution >= 4 is 38.6 Å². The van der Waals surface area contributed by atoms with Gasteiger partial charge in [0.25, 0.3) is 0 Å². The standard InChI is InChI=1S/C23H29N3O4S/c1-13(2)24-22(27)29-11-16-17(12-30-23(28)25-14(3)4)21-26(20(16)15-9-10-15)18-7-5-6-8-19(18)31-21/h5-8,13-15H,9-12H2,1-4H3,(H,24,27)(H,25,28). The van der Waals surface area contributed by atoms with E-state index in [-0.39, 0.29) is 25.3 Å². The molecule has 0 spiro atoms. The van der Waals surface area contributed by atoms with Crippen LogP contribution >= 0.6 is 11.3 Å². The summed E-state index contributed by atoms with van der Waals surface area (Å²) in [6, 6.07) is 8.27. The van der Waals surface area contributed by atoms with Gasteiger partial charge in [0.15, 0.2) is 0 Å². The molecule has 0 aliphatic heterocycles. The highest BCUT2D eigenvalue weighted by Crippen LogP contribution is 2.47. The van der Waals surface area contributed by atoms with E-state index in [2.05, 4.69) is 27.2 Å². The van der Waals surface area contributed by atoms with Crippen molar-refractivity contribution in [3.63, 3.8) is 0 Å². The molecule has 166 valence electrons. The van der Waals surface area contributed by atoms with Crippen LogP contribution in [-0.4, -0.2) is 28.7 Å². The third-order valence-electron chi connectivity index (χ3n) is 5.16. The molecule has 1 aliphatic carbocycles. The van der Waals surface area contributed by atoms with Crippen LogP contribution in [0.5, 0.6) is 0 Å². The normalized spacial score (nSPS) is 13.9. The monoisotopic (exact) mass is 443 g/mol. The van der Waals surface area contributed by atoms with Crippen molar-refractivity contribution in [3.05, 3.63) is 41.1 Å². The number of hydrogen-bond donors (Lipinski definition) is 2. The molecule has 2 N–H and O–H groups in total. The summed E-state index contributed by atoms with van der Waals surface area (Å²) in [4.78, 5) is 25.4. The van der Waals surface area contributed by atoms with Crippen LogP contribution in [0, 0.1) is 0 Å². The molecule has 1 fully saturated rings. The van der Waals surface area contributed by atoms with Crippen LogP contribution in [0.25, 0.3) is 15.0 Å². The quantitative estimate of drug-likeness (QED) is 0.519.